The molecule has 1 aliphatic heterocycles. The summed E-state index contributed by atoms with van der Waals surface area (Å²) in [5.74, 6) is 1.64. The van der Waals surface area contributed by atoms with Gasteiger partial charge in [-0.25, -0.2) is 9.98 Å². The maximum absolute atomic E-state index is 12.4. The van der Waals surface area contributed by atoms with Crippen LogP contribution < -0.4 is 9.47 Å². The van der Waals surface area contributed by atoms with Crippen molar-refractivity contribution in [2.24, 2.45) is 4.99 Å². The molecule has 5 nitrogen and oxygen atoms in total. The molecule has 10 heteroatoms. The molecule has 0 saturated heterocycles. The highest BCUT2D eigenvalue weighted by Crippen LogP contribution is 2.38. The van der Waals surface area contributed by atoms with Gasteiger partial charge in [0.05, 0.1) is 0 Å². The van der Waals surface area contributed by atoms with E-state index in [4.69, 9.17) is 0 Å². The normalized spacial score (nSPS) is 13.4. The Balaban J connectivity index is 1.61. The molecule has 0 atom stereocenters. The number of halogens is 4. The molecule has 0 bridgehead atoms. The van der Waals surface area contributed by atoms with Gasteiger partial charge in [-0.3, -0.25) is 0 Å². The van der Waals surface area contributed by atoms with Gasteiger partial charge in [-0.2, -0.15) is 17.6 Å². The van der Waals surface area contributed by atoms with Crippen molar-refractivity contribution in [2.45, 2.75) is 24.9 Å². The molecule has 1 aliphatic rings. The topological polar surface area (TPSA) is 48.6 Å². The van der Waals surface area contributed by atoms with E-state index in [1.54, 1.807) is 42.2 Å². The number of fused-ring (bicyclic) bond motifs is 1. The van der Waals surface area contributed by atoms with E-state index >= 15 is 0 Å². The van der Waals surface area contributed by atoms with Crippen LogP contribution in [0.25, 0.3) is 11.3 Å². The maximum Gasteiger partial charge on any atom is 0.387 e. The predicted molar refractivity (Wildman–Crippen MR) is 105 cm³/mol. The van der Waals surface area contributed by atoms with Crippen molar-refractivity contribution in [3.63, 3.8) is 0 Å². The fraction of sp³-hybridized carbons (Fsp3) is 0.200. The first-order valence-electron chi connectivity index (χ1n) is 8.87. The van der Waals surface area contributed by atoms with Gasteiger partial charge >= 0.3 is 13.2 Å². The number of nitrogens with zero attached hydrogens (tertiary/aromatic N) is 3. The highest BCUT2D eigenvalue weighted by molar-refractivity contribution is 7.99. The zero-order valence-corrected chi connectivity index (χ0v) is 16.2. The number of rotatable bonds is 7. The van der Waals surface area contributed by atoms with Crippen molar-refractivity contribution in [3.05, 3.63) is 54.1 Å². The largest absolute Gasteiger partial charge is 0.435 e. The van der Waals surface area contributed by atoms with Gasteiger partial charge in [0.2, 0.25) is 0 Å². The van der Waals surface area contributed by atoms with E-state index in [1.807, 2.05) is 4.57 Å². The second kappa shape index (κ2) is 8.78. The summed E-state index contributed by atoms with van der Waals surface area (Å²) in [6, 6.07) is 12.3. The third-order valence-corrected chi connectivity index (χ3v) is 5.20. The Kier molecular flexibility index (Phi) is 5.93. The fourth-order valence-electron chi connectivity index (χ4n) is 2.95. The molecule has 0 fully saturated rings. The first kappa shape index (κ1) is 20.3. The van der Waals surface area contributed by atoms with Crippen LogP contribution in [-0.4, -0.2) is 34.7 Å². The van der Waals surface area contributed by atoms with Gasteiger partial charge < -0.3 is 14.0 Å². The molecule has 0 unspecified atom stereocenters. The van der Waals surface area contributed by atoms with Crippen molar-refractivity contribution in [1.29, 1.82) is 0 Å². The molecule has 2 heterocycles. The summed E-state index contributed by atoms with van der Waals surface area (Å²) in [6.45, 7) is -5.02. The molecule has 0 amide bonds. The Morgan fingerprint density at radius 3 is 2.13 bits per heavy atom. The molecule has 156 valence electrons. The van der Waals surface area contributed by atoms with Gasteiger partial charge in [-0.05, 0) is 54.1 Å². The van der Waals surface area contributed by atoms with Gasteiger partial charge in [-0.15, -0.1) is 0 Å². The van der Waals surface area contributed by atoms with Crippen LogP contribution in [0.5, 0.6) is 11.5 Å². The van der Waals surface area contributed by atoms with E-state index in [9.17, 15) is 17.6 Å². The molecule has 0 spiro atoms. The lowest BCUT2D eigenvalue weighted by atomic mass is 10.1. The number of aromatic nitrogens is 2. The molecule has 0 N–H and O–H groups in total. The summed E-state index contributed by atoms with van der Waals surface area (Å²) >= 11 is 1.60. The van der Waals surface area contributed by atoms with E-state index in [2.05, 4.69) is 19.5 Å². The van der Waals surface area contributed by atoms with Gasteiger partial charge in [0.25, 0.3) is 0 Å². The van der Waals surface area contributed by atoms with Crippen LogP contribution in [0.15, 0.2) is 58.7 Å². The molecule has 4 rings (SSSR count). The Bertz CT molecular complexity index is 1040. The van der Waals surface area contributed by atoms with Crippen LogP contribution in [0, 0.1) is 0 Å². The van der Waals surface area contributed by atoms with Gasteiger partial charge in [0.15, 0.2) is 11.0 Å². The summed E-state index contributed by atoms with van der Waals surface area (Å²) in [7, 11) is 0. The van der Waals surface area contributed by atoms with E-state index in [0.717, 1.165) is 17.5 Å². The number of aliphatic imine (C=N–C) groups is 1. The number of benzene rings is 2. The highest BCUT2D eigenvalue weighted by atomic mass is 32.2. The van der Waals surface area contributed by atoms with Crippen molar-refractivity contribution in [1.82, 2.24) is 9.55 Å². The Hall–Kier alpha value is -3.01. The van der Waals surface area contributed by atoms with Crippen LogP contribution in [-0.2, 0) is 6.54 Å². The number of ether oxygens (including phenoxy) is 2. The van der Waals surface area contributed by atoms with E-state index in [1.165, 1.54) is 24.3 Å². The van der Waals surface area contributed by atoms with Crippen LogP contribution in [0.2, 0.25) is 0 Å². The van der Waals surface area contributed by atoms with Gasteiger partial charge in [-0.1, -0.05) is 11.8 Å². The zero-order valence-electron chi connectivity index (χ0n) is 15.3. The SMILES string of the molecule is FC(F)Oc1ccc(C=Nc2c(-c3ccc(OC(F)F)cc3)nc3n2CCS3)cc1. The molecular formula is C20H15F4N3O2S. The summed E-state index contributed by atoms with van der Waals surface area (Å²) in [6.07, 6.45) is 1.61. The second-order valence-corrected chi connectivity index (χ2v) is 7.24. The lowest BCUT2D eigenvalue weighted by molar-refractivity contribution is -0.0505. The molecule has 0 saturated carbocycles. The number of imidazole rings is 1. The lowest BCUT2D eigenvalue weighted by Gasteiger charge is -2.06. The average Bonchev–Trinajstić information content (AvgIpc) is 3.29. The third-order valence-electron chi connectivity index (χ3n) is 4.25. The van der Waals surface area contributed by atoms with Gasteiger partial charge in [0.1, 0.15) is 17.2 Å². The van der Waals surface area contributed by atoms with E-state index in [0.29, 0.717) is 22.6 Å². The average molecular weight is 437 g/mol. The van der Waals surface area contributed by atoms with Crippen LogP contribution in [0.1, 0.15) is 5.56 Å². The number of hydrogen-bond donors (Lipinski definition) is 0. The first-order valence-corrected chi connectivity index (χ1v) is 9.85. The predicted octanol–water partition coefficient (Wildman–Crippen LogP) is 5.61. The quantitative estimate of drug-likeness (QED) is 0.356. The standard InChI is InChI=1S/C20H15F4N3O2S/c21-18(22)28-14-5-1-12(2-6-14)11-25-17-16(26-20-27(17)9-10-30-20)13-3-7-15(8-4-13)29-19(23)24/h1-8,11,18-19H,9-10H2. The minimum atomic E-state index is -2.89. The second-order valence-electron chi connectivity index (χ2n) is 6.18. The zero-order chi connectivity index (χ0) is 21.1. The van der Waals surface area contributed by atoms with Crippen molar-refractivity contribution in [2.75, 3.05) is 5.75 Å². The molecule has 0 aliphatic carbocycles. The van der Waals surface area contributed by atoms with E-state index < -0.39 is 13.2 Å². The number of hydrogen-bond acceptors (Lipinski definition) is 5. The molecule has 3 aromatic rings. The Morgan fingerprint density at radius 2 is 1.53 bits per heavy atom. The summed E-state index contributed by atoms with van der Waals surface area (Å²) < 4.78 is 60.0. The summed E-state index contributed by atoms with van der Waals surface area (Å²) in [5.41, 5.74) is 2.03. The van der Waals surface area contributed by atoms with Crippen molar-refractivity contribution >= 4 is 23.8 Å². The van der Waals surface area contributed by atoms with Crippen LogP contribution >= 0.6 is 11.8 Å². The minimum absolute atomic E-state index is 0.0611. The first-order chi connectivity index (χ1) is 14.5. The van der Waals surface area contributed by atoms with Crippen molar-refractivity contribution < 1.29 is 27.0 Å². The molecule has 1 aromatic heterocycles. The highest BCUT2D eigenvalue weighted by Gasteiger charge is 2.22. The van der Waals surface area contributed by atoms with Gasteiger partial charge in [0, 0.05) is 24.1 Å². The third kappa shape index (κ3) is 4.59. The monoisotopic (exact) mass is 437 g/mol. The van der Waals surface area contributed by atoms with E-state index in [-0.39, 0.29) is 11.5 Å². The molecule has 0 radical (unpaired) electrons. The smallest absolute Gasteiger partial charge is 0.387 e. The maximum atomic E-state index is 12.4. The number of thioether (sulfide) groups is 1. The number of alkyl halides is 4. The molecule has 2 aromatic carbocycles. The lowest BCUT2D eigenvalue weighted by Crippen LogP contribution is -2.01. The summed E-state index contributed by atoms with van der Waals surface area (Å²) in [5, 5.41) is 0.825. The fourth-order valence-corrected chi connectivity index (χ4v) is 3.90. The van der Waals surface area contributed by atoms with Crippen molar-refractivity contribution in [3.8, 4) is 22.8 Å². The molecule has 30 heavy (non-hydrogen) atoms. The Morgan fingerprint density at radius 1 is 0.933 bits per heavy atom. The Labute approximate surface area is 173 Å². The van der Waals surface area contributed by atoms with Crippen LogP contribution in [0.3, 0.4) is 0 Å². The molecular weight excluding hydrogens is 422 g/mol. The minimum Gasteiger partial charge on any atom is -0.435 e. The van der Waals surface area contributed by atoms with Crippen LogP contribution in [0.4, 0.5) is 23.4 Å². The summed E-state index contributed by atoms with van der Waals surface area (Å²) in [4.78, 5) is 9.20.